The van der Waals surface area contributed by atoms with E-state index in [9.17, 15) is 8.78 Å². The van der Waals surface area contributed by atoms with Crippen molar-refractivity contribution in [3.05, 3.63) is 59.7 Å². The van der Waals surface area contributed by atoms with Gasteiger partial charge in [-0.2, -0.15) is 8.78 Å². The fourth-order valence-electron chi connectivity index (χ4n) is 3.24. The highest BCUT2D eigenvalue weighted by molar-refractivity contribution is 14.0. The Morgan fingerprint density at radius 1 is 1.17 bits per heavy atom. The fourth-order valence-corrected chi connectivity index (χ4v) is 3.24. The molecule has 0 heterocycles. The number of aliphatic imine (C=N–C) groups is 1. The molecule has 8 heteroatoms. The predicted octanol–water partition coefficient (Wildman–Crippen LogP) is 4.38. The molecule has 0 amide bonds. The van der Waals surface area contributed by atoms with Crippen molar-refractivity contribution in [2.24, 2.45) is 10.9 Å². The van der Waals surface area contributed by atoms with Crippen molar-refractivity contribution < 1.29 is 18.3 Å². The normalized spacial score (nSPS) is 18.0. The van der Waals surface area contributed by atoms with Crippen LogP contribution < -0.4 is 20.1 Å². The molecule has 1 aliphatic carbocycles. The van der Waals surface area contributed by atoms with Gasteiger partial charge in [0.15, 0.2) is 5.96 Å². The Morgan fingerprint density at radius 3 is 2.59 bits per heavy atom. The summed E-state index contributed by atoms with van der Waals surface area (Å²) in [4.78, 5) is 4.21. The van der Waals surface area contributed by atoms with Crippen molar-refractivity contribution in [2.75, 3.05) is 20.7 Å². The SMILES string of the molecule is CN=C(NCc1cc(OC)ccc1OC(F)F)NCC1CC1c1ccccc1.I. The smallest absolute Gasteiger partial charge is 0.387 e. The lowest BCUT2D eigenvalue weighted by atomic mass is 10.1. The molecule has 2 aromatic rings. The average molecular weight is 517 g/mol. The van der Waals surface area contributed by atoms with Crippen molar-refractivity contribution in [3.63, 3.8) is 0 Å². The molecule has 29 heavy (non-hydrogen) atoms. The molecule has 0 aromatic heterocycles. The Kier molecular flexibility index (Phi) is 8.94. The molecule has 3 rings (SSSR count). The summed E-state index contributed by atoms with van der Waals surface area (Å²) in [5.74, 6) is 2.45. The summed E-state index contributed by atoms with van der Waals surface area (Å²) in [7, 11) is 3.21. The van der Waals surface area contributed by atoms with E-state index in [0.29, 0.717) is 29.1 Å². The van der Waals surface area contributed by atoms with Crippen molar-refractivity contribution >= 4 is 29.9 Å². The van der Waals surface area contributed by atoms with Gasteiger partial charge < -0.3 is 20.1 Å². The number of nitrogens with one attached hydrogen (secondary N) is 2. The molecule has 0 spiro atoms. The van der Waals surface area contributed by atoms with E-state index in [1.54, 1.807) is 19.2 Å². The van der Waals surface area contributed by atoms with E-state index in [1.807, 2.05) is 6.07 Å². The van der Waals surface area contributed by atoms with Crippen LogP contribution in [0.1, 0.15) is 23.5 Å². The van der Waals surface area contributed by atoms with E-state index in [4.69, 9.17) is 4.74 Å². The molecule has 1 aliphatic rings. The zero-order chi connectivity index (χ0) is 19.9. The molecule has 1 saturated carbocycles. The molecule has 0 radical (unpaired) electrons. The molecule has 5 nitrogen and oxygen atoms in total. The minimum absolute atomic E-state index is 0. The molecule has 2 atom stereocenters. The fraction of sp³-hybridized carbons (Fsp3) is 0.381. The molecule has 158 valence electrons. The first-order valence-corrected chi connectivity index (χ1v) is 9.22. The predicted molar refractivity (Wildman–Crippen MR) is 121 cm³/mol. The highest BCUT2D eigenvalue weighted by Gasteiger charge is 2.37. The van der Waals surface area contributed by atoms with Gasteiger partial charge >= 0.3 is 6.61 Å². The summed E-state index contributed by atoms with van der Waals surface area (Å²) in [6.45, 7) is -1.79. The van der Waals surface area contributed by atoms with Crippen LogP contribution in [-0.4, -0.2) is 33.3 Å². The lowest BCUT2D eigenvalue weighted by molar-refractivity contribution is -0.0504. The second-order valence-corrected chi connectivity index (χ2v) is 6.67. The molecular formula is C21H26F2IN3O2. The van der Waals surface area contributed by atoms with Crippen molar-refractivity contribution in [3.8, 4) is 11.5 Å². The zero-order valence-corrected chi connectivity index (χ0v) is 18.7. The number of alkyl halides is 2. The number of hydrogen-bond acceptors (Lipinski definition) is 3. The minimum Gasteiger partial charge on any atom is -0.497 e. The van der Waals surface area contributed by atoms with Crippen LogP contribution in [0.2, 0.25) is 0 Å². The monoisotopic (exact) mass is 517 g/mol. The molecule has 2 unspecified atom stereocenters. The zero-order valence-electron chi connectivity index (χ0n) is 16.4. The first-order valence-electron chi connectivity index (χ1n) is 9.22. The maximum Gasteiger partial charge on any atom is 0.387 e. The number of nitrogens with zero attached hydrogens (tertiary/aromatic N) is 1. The molecule has 2 aromatic carbocycles. The maximum absolute atomic E-state index is 12.6. The van der Waals surface area contributed by atoms with Crippen LogP contribution in [0.3, 0.4) is 0 Å². The lowest BCUT2D eigenvalue weighted by Gasteiger charge is -2.15. The second kappa shape index (κ2) is 11.2. The van der Waals surface area contributed by atoms with Crippen LogP contribution in [0.15, 0.2) is 53.5 Å². The molecule has 0 saturated heterocycles. The van der Waals surface area contributed by atoms with Crippen LogP contribution in [-0.2, 0) is 6.54 Å². The summed E-state index contributed by atoms with van der Waals surface area (Å²) < 4.78 is 35.0. The van der Waals surface area contributed by atoms with Gasteiger partial charge in [-0.25, -0.2) is 0 Å². The van der Waals surface area contributed by atoms with Gasteiger partial charge in [-0.3, -0.25) is 4.99 Å². The highest BCUT2D eigenvalue weighted by Crippen LogP contribution is 2.46. The molecule has 2 N–H and O–H groups in total. The number of rotatable bonds is 8. The maximum atomic E-state index is 12.6. The van der Waals surface area contributed by atoms with E-state index in [0.717, 1.165) is 13.0 Å². The van der Waals surface area contributed by atoms with Gasteiger partial charge in [0.2, 0.25) is 0 Å². The summed E-state index contributed by atoms with van der Waals surface area (Å²) in [6, 6.07) is 15.2. The van der Waals surface area contributed by atoms with Crippen molar-refractivity contribution in [1.29, 1.82) is 0 Å². The largest absolute Gasteiger partial charge is 0.497 e. The average Bonchev–Trinajstić information content (AvgIpc) is 3.49. The highest BCUT2D eigenvalue weighted by atomic mass is 127. The van der Waals surface area contributed by atoms with Gasteiger partial charge in [-0.15, -0.1) is 24.0 Å². The van der Waals surface area contributed by atoms with Crippen LogP contribution in [0, 0.1) is 5.92 Å². The number of guanidine groups is 1. The molecule has 0 bridgehead atoms. The third-order valence-corrected chi connectivity index (χ3v) is 4.84. The number of hydrogen-bond donors (Lipinski definition) is 2. The summed E-state index contributed by atoms with van der Waals surface area (Å²) in [5.41, 5.74) is 1.93. The second-order valence-electron chi connectivity index (χ2n) is 6.67. The van der Waals surface area contributed by atoms with Gasteiger partial charge in [-0.05, 0) is 42.0 Å². The van der Waals surface area contributed by atoms with Gasteiger partial charge in [0.25, 0.3) is 0 Å². The van der Waals surface area contributed by atoms with E-state index >= 15 is 0 Å². The summed E-state index contributed by atoms with van der Waals surface area (Å²) in [6.07, 6.45) is 1.15. The number of benzene rings is 2. The Bertz CT molecular complexity index is 806. The topological polar surface area (TPSA) is 54.9 Å². The third kappa shape index (κ3) is 6.73. The Hall–Kier alpha value is -2.10. The molecule has 1 fully saturated rings. The standard InChI is InChI=1S/C21H25F2N3O2.HI/c1-24-21(25-12-15-11-18(15)14-6-4-3-5-7-14)26-13-16-10-17(27-2)8-9-19(16)28-20(22)23;/h3-10,15,18,20H,11-13H2,1-2H3,(H2,24,25,26);1H. The van der Waals surface area contributed by atoms with Gasteiger partial charge in [0.05, 0.1) is 7.11 Å². The van der Waals surface area contributed by atoms with Gasteiger partial charge in [0.1, 0.15) is 11.5 Å². The van der Waals surface area contributed by atoms with Crippen LogP contribution in [0.5, 0.6) is 11.5 Å². The lowest BCUT2D eigenvalue weighted by Crippen LogP contribution is -2.38. The van der Waals surface area contributed by atoms with Crippen LogP contribution >= 0.6 is 24.0 Å². The van der Waals surface area contributed by atoms with E-state index < -0.39 is 6.61 Å². The third-order valence-electron chi connectivity index (χ3n) is 4.84. The quantitative estimate of drug-likeness (QED) is 0.310. The first kappa shape index (κ1) is 23.2. The van der Waals surface area contributed by atoms with Crippen molar-refractivity contribution in [1.82, 2.24) is 10.6 Å². The molecule has 0 aliphatic heterocycles. The Morgan fingerprint density at radius 2 is 1.93 bits per heavy atom. The van der Waals surface area contributed by atoms with Crippen molar-refractivity contribution in [2.45, 2.75) is 25.5 Å². The summed E-state index contributed by atoms with van der Waals surface area (Å²) in [5, 5.41) is 6.46. The number of methoxy groups -OCH3 is 1. The van der Waals surface area contributed by atoms with E-state index in [1.165, 1.54) is 18.7 Å². The minimum atomic E-state index is -2.88. The van der Waals surface area contributed by atoms with E-state index in [2.05, 4.69) is 44.6 Å². The first-order chi connectivity index (χ1) is 13.6. The van der Waals surface area contributed by atoms with E-state index in [-0.39, 0.29) is 36.3 Å². The Balaban J connectivity index is 0.00000300. The van der Waals surface area contributed by atoms with Crippen LogP contribution in [0.25, 0.3) is 0 Å². The number of ether oxygens (including phenoxy) is 2. The van der Waals surface area contributed by atoms with Crippen LogP contribution in [0.4, 0.5) is 8.78 Å². The number of halogens is 3. The van der Waals surface area contributed by atoms with Gasteiger partial charge in [-0.1, -0.05) is 30.3 Å². The van der Waals surface area contributed by atoms with Gasteiger partial charge in [0, 0.05) is 25.7 Å². The Labute approximate surface area is 186 Å². The molecular weight excluding hydrogens is 491 g/mol. The summed E-state index contributed by atoms with van der Waals surface area (Å²) >= 11 is 0.